The predicted molar refractivity (Wildman–Crippen MR) is 148 cm³/mol. The molecule has 1 amide bonds. The highest BCUT2D eigenvalue weighted by molar-refractivity contribution is 9.10. The lowest BCUT2D eigenvalue weighted by molar-refractivity contribution is -0.116. The van der Waals surface area contributed by atoms with E-state index in [1.54, 1.807) is 6.20 Å². The Morgan fingerprint density at radius 3 is 2.58 bits per heavy atom. The SMILES string of the molecule is Cc1ccc(NC(=O)CCN2C(=S)N[C@H](c3ccccn3)[C@@H]2c2ccc(-c3ccc(Br)cc3)o2)cc1. The zero-order valence-corrected chi connectivity index (χ0v) is 22.1. The molecule has 0 unspecified atom stereocenters. The topological polar surface area (TPSA) is 70.4 Å². The second kappa shape index (κ2) is 10.6. The molecule has 0 saturated carbocycles. The molecule has 0 aliphatic carbocycles. The second-order valence-electron chi connectivity index (χ2n) is 8.69. The van der Waals surface area contributed by atoms with Crippen LogP contribution in [0.25, 0.3) is 11.3 Å². The van der Waals surface area contributed by atoms with Crippen LogP contribution in [0, 0.1) is 6.92 Å². The van der Waals surface area contributed by atoms with Crippen LogP contribution in [0.2, 0.25) is 0 Å². The van der Waals surface area contributed by atoms with Gasteiger partial charge < -0.3 is 20.0 Å². The molecule has 8 heteroatoms. The summed E-state index contributed by atoms with van der Waals surface area (Å²) in [7, 11) is 0. The summed E-state index contributed by atoms with van der Waals surface area (Å²) in [6.45, 7) is 2.45. The maximum atomic E-state index is 12.7. The van der Waals surface area contributed by atoms with Crippen LogP contribution in [0.3, 0.4) is 0 Å². The molecule has 1 aliphatic rings. The minimum atomic E-state index is -0.247. The standard InChI is InChI=1S/C28H25BrN4O2S/c1-18-5-11-21(12-6-18)31-25(34)15-17-33-27(26(32-28(33)36)22-4-2-3-16-30-22)24-14-13-23(35-24)19-7-9-20(29)10-8-19/h2-14,16,26-27H,15,17H2,1H3,(H,31,34)(H,32,36)/t26-,27+/m1/s1. The van der Waals surface area contributed by atoms with E-state index in [4.69, 9.17) is 16.6 Å². The number of aromatic nitrogens is 1. The van der Waals surface area contributed by atoms with Crippen LogP contribution in [0.15, 0.2) is 93.9 Å². The van der Waals surface area contributed by atoms with Gasteiger partial charge in [0.25, 0.3) is 0 Å². The zero-order chi connectivity index (χ0) is 25.1. The molecule has 5 rings (SSSR count). The van der Waals surface area contributed by atoms with Crippen LogP contribution in [-0.4, -0.2) is 27.4 Å². The smallest absolute Gasteiger partial charge is 0.226 e. The van der Waals surface area contributed by atoms with Gasteiger partial charge in [-0.3, -0.25) is 9.78 Å². The Morgan fingerprint density at radius 2 is 1.86 bits per heavy atom. The monoisotopic (exact) mass is 560 g/mol. The number of nitrogens with one attached hydrogen (secondary N) is 2. The fraction of sp³-hybridized carbons (Fsp3) is 0.179. The van der Waals surface area contributed by atoms with Crippen LogP contribution in [0.1, 0.15) is 35.5 Å². The van der Waals surface area contributed by atoms with Crippen molar-refractivity contribution in [2.75, 3.05) is 11.9 Å². The summed E-state index contributed by atoms with van der Waals surface area (Å²) < 4.78 is 7.36. The van der Waals surface area contributed by atoms with Gasteiger partial charge in [-0.2, -0.15) is 0 Å². The number of benzene rings is 2. The van der Waals surface area contributed by atoms with Crippen molar-refractivity contribution in [1.82, 2.24) is 15.2 Å². The summed E-state index contributed by atoms with van der Waals surface area (Å²) in [5, 5.41) is 6.94. The quantitative estimate of drug-likeness (QED) is 0.254. The number of anilines is 1. The van der Waals surface area contributed by atoms with Gasteiger partial charge in [-0.25, -0.2) is 0 Å². The third-order valence-corrected chi connectivity index (χ3v) is 7.04. The fourth-order valence-electron chi connectivity index (χ4n) is 4.32. The highest BCUT2D eigenvalue weighted by Crippen LogP contribution is 2.40. The third-order valence-electron chi connectivity index (χ3n) is 6.16. The molecular formula is C28H25BrN4O2S. The lowest BCUT2D eigenvalue weighted by Gasteiger charge is -2.25. The van der Waals surface area contributed by atoms with E-state index in [0.717, 1.165) is 38.5 Å². The highest BCUT2D eigenvalue weighted by atomic mass is 79.9. The number of carbonyl (C=O) groups excluding carboxylic acids is 1. The van der Waals surface area contributed by atoms with Gasteiger partial charge in [0, 0.05) is 34.9 Å². The summed E-state index contributed by atoms with van der Waals surface area (Å²) in [6.07, 6.45) is 2.05. The summed E-state index contributed by atoms with van der Waals surface area (Å²) in [5.74, 6) is 1.46. The number of amides is 1. The van der Waals surface area contributed by atoms with Crippen molar-refractivity contribution in [2.45, 2.75) is 25.4 Å². The molecule has 36 heavy (non-hydrogen) atoms. The van der Waals surface area contributed by atoms with E-state index in [0.29, 0.717) is 11.7 Å². The van der Waals surface area contributed by atoms with Gasteiger partial charge in [-0.1, -0.05) is 51.8 Å². The average molecular weight is 562 g/mol. The van der Waals surface area contributed by atoms with Crippen LogP contribution in [-0.2, 0) is 4.79 Å². The van der Waals surface area contributed by atoms with E-state index >= 15 is 0 Å². The van der Waals surface area contributed by atoms with E-state index in [1.807, 2.05) is 90.7 Å². The molecule has 6 nitrogen and oxygen atoms in total. The number of hydrogen-bond donors (Lipinski definition) is 2. The largest absolute Gasteiger partial charge is 0.459 e. The molecule has 0 spiro atoms. The number of halogens is 1. The van der Waals surface area contributed by atoms with Gasteiger partial charge in [-0.15, -0.1) is 0 Å². The van der Waals surface area contributed by atoms with Crippen LogP contribution < -0.4 is 10.6 Å². The summed E-state index contributed by atoms with van der Waals surface area (Å²) >= 11 is 9.19. The number of carbonyl (C=O) groups is 1. The van der Waals surface area contributed by atoms with E-state index in [-0.39, 0.29) is 24.4 Å². The van der Waals surface area contributed by atoms with Crippen molar-refractivity contribution < 1.29 is 9.21 Å². The van der Waals surface area contributed by atoms with Crippen molar-refractivity contribution in [1.29, 1.82) is 0 Å². The fourth-order valence-corrected chi connectivity index (χ4v) is 4.91. The molecular weight excluding hydrogens is 536 g/mol. The first kappa shape index (κ1) is 24.2. The Bertz CT molecular complexity index is 1360. The Balaban J connectivity index is 1.38. The van der Waals surface area contributed by atoms with Crippen LogP contribution >= 0.6 is 28.1 Å². The van der Waals surface area contributed by atoms with Crippen molar-refractivity contribution in [2.24, 2.45) is 0 Å². The van der Waals surface area contributed by atoms with Gasteiger partial charge >= 0.3 is 0 Å². The van der Waals surface area contributed by atoms with Gasteiger partial charge in [0.1, 0.15) is 17.6 Å². The molecule has 0 bridgehead atoms. The van der Waals surface area contributed by atoms with Crippen molar-refractivity contribution in [3.63, 3.8) is 0 Å². The van der Waals surface area contributed by atoms with Crippen molar-refractivity contribution >= 4 is 44.9 Å². The minimum absolute atomic E-state index is 0.0725. The van der Waals surface area contributed by atoms with Gasteiger partial charge in [0.2, 0.25) is 5.91 Å². The second-order valence-corrected chi connectivity index (χ2v) is 10.00. The minimum Gasteiger partial charge on any atom is -0.459 e. The van der Waals surface area contributed by atoms with Crippen LogP contribution in [0.4, 0.5) is 5.69 Å². The number of thiocarbonyl (C=S) groups is 1. The molecule has 2 N–H and O–H groups in total. The first-order valence-corrected chi connectivity index (χ1v) is 12.9. The Labute approximate surface area is 223 Å². The Hall–Kier alpha value is -3.49. The van der Waals surface area contributed by atoms with E-state index in [2.05, 4.69) is 31.5 Å². The number of nitrogens with zero attached hydrogens (tertiary/aromatic N) is 2. The zero-order valence-electron chi connectivity index (χ0n) is 19.6. The van der Waals surface area contributed by atoms with Gasteiger partial charge in [0.05, 0.1) is 11.7 Å². The van der Waals surface area contributed by atoms with E-state index in [1.165, 1.54) is 0 Å². The lowest BCUT2D eigenvalue weighted by Crippen LogP contribution is -2.32. The predicted octanol–water partition coefficient (Wildman–Crippen LogP) is 6.41. The van der Waals surface area contributed by atoms with Gasteiger partial charge in [0.15, 0.2) is 5.11 Å². The Kier molecular flexibility index (Phi) is 7.16. The molecule has 4 aromatic rings. The summed E-state index contributed by atoms with van der Waals surface area (Å²) in [5.41, 5.74) is 3.76. The number of pyridine rings is 1. The number of furan rings is 1. The maximum Gasteiger partial charge on any atom is 0.226 e. The summed E-state index contributed by atoms with van der Waals surface area (Å²) in [6, 6.07) is 25.1. The van der Waals surface area contributed by atoms with E-state index < -0.39 is 0 Å². The summed E-state index contributed by atoms with van der Waals surface area (Å²) in [4.78, 5) is 19.3. The molecule has 1 fully saturated rings. The average Bonchev–Trinajstić information content (AvgIpc) is 3.50. The van der Waals surface area contributed by atoms with Crippen LogP contribution in [0.5, 0.6) is 0 Å². The molecule has 1 saturated heterocycles. The normalized spacial score (nSPS) is 17.2. The van der Waals surface area contributed by atoms with Crippen molar-refractivity contribution in [3.05, 3.63) is 107 Å². The molecule has 3 heterocycles. The first-order valence-electron chi connectivity index (χ1n) is 11.7. The highest BCUT2D eigenvalue weighted by Gasteiger charge is 2.41. The molecule has 2 aromatic heterocycles. The number of hydrogen-bond acceptors (Lipinski definition) is 4. The first-order chi connectivity index (χ1) is 17.5. The Morgan fingerprint density at radius 1 is 1.08 bits per heavy atom. The molecule has 2 atom stereocenters. The molecule has 0 radical (unpaired) electrons. The molecule has 2 aromatic carbocycles. The number of aryl methyl sites for hydroxylation is 1. The van der Waals surface area contributed by atoms with Crippen molar-refractivity contribution in [3.8, 4) is 11.3 Å². The molecule has 182 valence electrons. The maximum absolute atomic E-state index is 12.7. The van der Waals surface area contributed by atoms with E-state index in [9.17, 15) is 4.79 Å². The number of rotatable bonds is 7. The lowest BCUT2D eigenvalue weighted by atomic mass is 10.0. The molecule has 1 aliphatic heterocycles. The van der Waals surface area contributed by atoms with Gasteiger partial charge in [-0.05, 0) is 67.7 Å². The third kappa shape index (κ3) is 5.34.